The molecule has 4 heterocycles. The molecule has 2 saturated heterocycles. The Hall–Kier alpha value is -4.25. The zero-order valence-electron chi connectivity index (χ0n) is 25.8. The lowest BCUT2D eigenvalue weighted by atomic mass is 10.0. The highest BCUT2D eigenvalue weighted by molar-refractivity contribution is 5.98. The number of nitrogens with zero attached hydrogens (tertiary/aromatic N) is 6. The molecule has 3 aromatic rings. The lowest BCUT2D eigenvalue weighted by Gasteiger charge is -2.36. The van der Waals surface area contributed by atoms with Crippen molar-refractivity contribution in [1.29, 1.82) is 0 Å². The van der Waals surface area contributed by atoms with Crippen LogP contribution in [0.1, 0.15) is 47.1 Å². The van der Waals surface area contributed by atoms with Crippen molar-refractivity contribution in [2.75, 3.05) is 58.3 Å². The zero-order chi connectivity index (χ0) is 31.0. The quantitative estimate of drug-likeness (QED) is 0.351. The highest BCUT2D eigenvalue weighted by atomic mass is 16.5. The van der Waals surface area contributed by atoms with Gasteiger partial charge in [-0.1, -0.05) is 12.1 Å². The topological polar surface area (TPSA) is 108 Å². The second-order valence-electron chi connectivity index (χ2n) is 12.1. The minimum Gasteiger partial charge on any atom is -0.380 e. The molecular weight excluding hydrogens is 560 g/mol. The minimum atomic E-state index is -0.116. The van der Waals surface area contributed by atoms with Gasteiger partial charge in [-0.2, -0.15) is 0 Å². The Balaban J connectivity index is 1.26. The molecule has 2 aromatic carbocycles. The number of fused-ring (bicyclic) bond motifs is 2. The molecule has 11 heteroatoms. The van der Waals surface area contributed by atoms with E-state index in [-0.39, 0.29) is 35.9 Å². The van der Waals surface area contributed by atoms with Crippen molar-refractivity contribution >= 4 is 34.3 Å². The van der Waals surface area contributed by atoms with Crippen molar-refractivity contribution in [2.45, 2.75) is 51.8 Å². The molecule has 0 unspecified atom stereocenters. The van der Waals surface area contributed by atoms with Crippen LogP contribution in [0, 0.1) is 0 Å². The van der Waals surface area contributed by atoms with Gasteiger partial charge in [-0.3, -0.25) is 23.7 Å². The number of rotatable bonds is 10. The van der Waals surface area contributed by atoms with Crippen molar-refractivity contribution in [1.82, 2.24) is 24.3 Å². The number of carbonyl (C=O) groups excluding carboxylic acids is 3. The second-order valence-corrected chi connectivity index (χ2v) is 12.1. The summed E-state index contributed by atoms with van der Waals surface area (Å²) in [4.78, 5) is 63.8. The van der Waals surface area contributed by atoms with Gasteiger partial charge in [0.05, 0.1) is 23.6 Å². The van der Waals surface area contributed by atoms with Gasteiger partial charge < -0.3 is 24.3 Å². The number of carbonyl (C=O) groups is 3. The van der Waals surface area contributed by atoms with Gasteiger partial charge in [0.15, 0.2) is 0 Å². The molecule has 2 fully saturated rings. The summed E-state index contributed by atoms with van der Waals surface area (Å²) in [5.74, 6) is 0.863. The third-order valence-electron chi connectivity index (χ3n) is 9.14. The summed E-state index contributed by atoms with van der Waals surface area (Å²) in [5.41, 5.74) is 4.13. The third kappa shape index (κ3) is 5.93. The van der Waals surface area contributed by atoms with E-state index in [4.69, 9.17) is 9.72 Å². The summed E-state index contributed by atoms with van der Waals surface area (Å²) in [7, 11) is 3.44. The number of hydrogen-bond acceptors (Lipinski definition) is 7. The molecule has 6 rings (SSSR count). The van der Waals surface area contributed by atoms with Crippen LogP contribution < -0.4 is 10.5 Å². The standard InChI is InChI=1S/C33H40N6O5/c1-22(44-3)19-38-16-15-37(21-31(38)41)25-7-9-27-28(18-25)34-29(11-13-36-12-4-5-30(36)40)39(33(27)43)14-10-23-6-8-26-24(17-23)20-35(2)32(26)42/h6-9,17-18,22H,4-5,10-16,19-21H2,1-3H3/t22-/m1/s1. The summed E-state index contributed by atoms with van der Waals surface area (Å²) in [6, 6.07) is 11.5. The summed E-state index contributed by atoms with van der Waals surface area (Å²) in [6.07, 6.45) is 2.47. The van der Waals surface area contributed by atoms with Crippen LogP contribution in [0.25, 0.3) is 10.9 Å². The summed E-state index contributed by atoms with van der Waals surface area (Å²) >= 11 is 0. The van der Waals surface area contributed by atoms with Crippen LogP contribution in [-0.4, -0.2) is 102 Å². The molecule has 3 aliphatic heterocycles. The number of benzene rings is 2. The zero-order valence-corrected chi connectivity index (χ0v) is 25.8. The molecular formula is C33H40N6O5. The molecule has 0 radical (unpaired) electrons. The van der Waals surface area contributed by atoms with Gasteiger partial charge in [0, 0.05) is 84.1 Å². The fraction of sp³-hybridized carbons (Fsp3) is 0.485. The van der Waals surface area contributed by atoms with E-state index in [0.29, 0.717) is 75.3 Å². The molecule has 3 amide bonds. The van der Waals surface area contributed by atoms with Crippen LogP contribution in [-0.2, 0) is 40.3 Å². The number of aromatic nitrogens is 2. The van der Waals surface area contributed by atoms with E-state index in [1.807, 2.05) is 52.0 Å². The van der Waals surface area contributed by atoms with E-state index < -0.39 is 0 Å². The molecule has 0 bridgehead atoms. The molecule has 3 aliphatic rings. The minimum absolute atomic E-state index is 0.0274. The molecule has 0 N–H and O–H groups in total. The molecule has 232 valence electrons. The smallest absolute Gasteiger partial charge is 0.261 e. The number of amides is 3. The molecule has 11 nitrogen and oxygen atoms in total. The monoisotopic (exact) mass is 600 g/mol. The fourth-order valence-electron chi connectivity index (χ4n) is 6.47. The lowest BCUT2D eigenvalue weighted by molar-refractivity contribution is -0.132. The highest BCUT2D eigenvalue weighted by Gasteiger charge is 2.27. The van der Waals surface area contributed by atoms with Crippen molar-refractivity contribution < 1.29 is 19.1 Å². The van der Waals surface area contributed by atoms with Crippen LogP contribution >= 0.6 is 0 Å². The normalized spacial score (nSPS) is 17.8. The van der Waals surface area contributed by atoms with Gasteiger partial charge >= 0.3 is 0 Å². The van der Waals surface area contributed by atoms with Crippen LogP contribution in [0.3, 0.4) is 0 Å². The number of ether oxygens (including phenoxy) is 1. The molecule has 44 heavy (non-hydrogen) atoms. The Morgan fingerprint density at radius 1 is 0.909 bits per heavy atom. The van der Waals surface area contributed by atoms with Gasteiger partial charge in [0.1, 0.15) is 5.82 Å². The number of anilines is 1. The third-order valence-corrected chi connectivity index (χ3v) is 9.14. The molecule has 1 aromatic heterocycles. The Morgan fingerprint density at radius 2 is 1.75 bits per heavy atom. The number of piperazine rings is 1. The second kappa shape index (κ2) is 12.4. The molecule has 0 saturated carbocycles. The van der Waals surface area contributed by atoms with Gasteiger partial charge in [0.25, 0.3) is 11.5 Å². The Bertz CT molecular complexity index is 1670. The first-order chi connectivity index (χ1) is 21.2. The maximum Gasteiger partial charge on any atom is 0.261 e. The van der Waals surface area contributed by atoms with Gasteiger partial charge in [-0.05, 0) is 55.2 Å². The maximum atomic E-state index is 13.9. The average Bonchev–Trinajstić information content (AvgIpc) is 3.56. The van der Waals surface area contributed by atoms with Gasteiger partial charge in [-0.15, -0.1) is 0 Å². The van der Waals surface area contributed by atoms with Crippen molar-refractivity contribution in [2.24, 2.45) is 0 Å². The Labute approximate surface area is 257 Å². The molecule has 0 aliphatic carbocycles. The maximum absolute atomic E-state index is 13.9. The number of hydrogen-bond donors (Lipinski definition) is 0. The highest BCUT2D eigenvalue weighted by Crippen LogP contribution is 2.24. The van der Waals surface area contributed by atoms with E-state index in [0.717, 1.165) is 35.3 Å². The van der Waals surface area contributed by atoms with Gasteiger partial charge in [0.2, 0.25) is 11.8 Å². The lowest BCUT2D eigenvalue weighted by Crippen LogP contribution is -2.52. The van der Waals surface area contributed by atoms with Crippen LogP contribution in [0.15, 0.2) is 41.2 Å². The fourth-order valence-corrected chi connectivity index (χ4v) is 6.47. The van der Waals surface area contributed by atoms with Crippen LogP contribution in [0.2, 0.25) is 0 Å². The number of aryl methyl sites for hydroxylation is 1. The Kier molecular flexibility index (Phi) is 8.40. The first-order valence-corrected chi connectivity index (χ1v) is 15.5. The van der Waals surface area contributed by atoms with E-state index >= 15 is 0 Å². The van der Waals surface area contributed by atoms with Crippen LogP contribution in [0.4, 0.5) is 5.69 Å². The predicted molar refractivity (Wildman–Crippen MR) is 167 cm³/mol. The van der Waals surface area contributed by atoms with E-state index in [2.05, 4.69) is 6.07 Å². The van der Waals surface area contributed by atoms with Crippen LogP contribution in [0.5, 0.6) is 0 Å². The largest absolute Gasteiger partial charge is 0.380 e. The predicted octanol–water partition coefficient (Wildman–Crippen LogP) is 2.07. The van der Waals surface area contributed by atoms with Crippen molar-refractivity contribution in [3.05, 3.63) is 69.3 Å². The summed E-state index contributed by atoms with van der Waals surface area (Å²) in [5, 5.41) is 0.523. The van der Waals surface area contributed by atoms with E-state index in [1.54, 1.807) is 23.6 Å². The average molecular weight is 601 g/mol. The molecule has 1 atom stereocenters. The summed E-state index contributed by atoms with van der Waals surface area (Å²) in [6.45, 7) is 6.31. The van der Waals surface area contributed by atoms with Crippen molar-refractivity contribution in [3.8, 4) is 0 Å². The summed E-state index contributed by atoms with van der Waals surface area (Å²) < 4.78 is 7.08. The SMILES string of the molecule is CO[C@H](C)CN1CCN(c2ccc3c(=O)n(CCc4ccc5c(c4)CN(C)C5=O)c(CCN4CCCC4=O)nc3c2)CC1=O. The number of methoxy groups -OCH3 is 1. The molecule has 0 spiro atoms. The first-order valence-electron chi connectivity index (χ1n) is 15.5. The van der Waals surface area contributed by atoms with Crippen molar-refractivity contribution in [3.63, 3.8) is 0 Å². The Morgan fingerprint density at radius 3 is 2.50 bits per heavy atom. The number of likely N-dealkylation sites (tertiary alicyclic amines) is 1. The van der Waals surface area contributed by atoms with E-state index in [9.17, 15) is 19.2 Å². The first kappa shape index (κ1) is 29.8. The van der Waals surface area contributed by atoms with Gasteiger partial charge in [-0.25, -0.2) is 4.98 Å². The van der Waals surface area contributed by atoms with E-state index in [1.165, 1.54) is 0 Å².